The summed E-state index contributed by atoms with van der Waals surface area (Å²) in [6, 6.07) is 5.10. The molecule has 0 radical (unpaired) electrons. The SMILES string of the molecule is CCC(CC)NC(C)c1ccc(Cl)s1. The molecule has 1 heterocycles. The first-order valence-corrected chi connectivity index (χ1v) is 6.38. The van der Waals surface area contributed by atoms with E-state index in [9.17, 15) is 0 Å². The predicted molar refractivity (Wildman–Crippen MR) is 65.2 cm³/mol. The summed E-state index contributed by atoms with van der Waals surface area (Å²) in [6.45, 7) is 6.63. The molecule has 0 saturated heterocycles. The van der Waals surface area contributed by atoms with Crippen molar-refractivity contribution in [3.8, 4) is 0 Å². The first kappa shape index (κ1) is 12.0. The summed E-state index contributed by atoms with van der Waals surface area (Å²) in [5.74, 6) is 0. The molecule has 0 aliphatic carbocycles. The molecule has 1 nitrogen and oxygen atoms in total. The Morgan fingerprint density at radius 3 is 2.43 bits per heavy atom. The van der Waals surface area contributed by atoms with Crippen molar-refractivity contribution in [2.45, 2.75) is 45.7 Å². The van der Waals surface area contributed by atoms with E-state index in [2.05, 4.69) is 32.2 Å². The molecule has 14 heavy (non-hydrogen) atoms. The summed E-state index contributed by atoms with van der Waals surface area (Å²) in [5.41, 5.74) is 0. The second kappa shape index (κ2) is 5.74. The normalized spacial score (nSPS) is 13.5. The van der Waals surface area contributed by atoms with E-state index >= 15 is 0 Å². The first-order valence-electron chi connectivity index (χ1n) is 5.18. The maximum absolute atomic E-state index is 5.90. The number of thiophene rings is 1. The van der Waals surface area contributed by atoms with Crippen molar-refractivity contribution in [1.29, 1.82) is 0 Å². The lowest BCUT2D eigenvalue weighted by molar-refractivity contribution is 0.436. The lowest BCUT2D eigenvalue weighted by Crippen LogP contribution is -2.29. The van der Waals surface area contributed by atoms with Crippen molar-refractivity contribution in [3.63, 3.8) is 0 Å². The van der Waals surface area contributed by atoms with E-state index in [1.54, 1.807) is 11.3 Å². The van der Waals surface area contributed by atoms with Gasteiger partial charge in [0, 0.05) is 17.0 Å². The fourth-order valence-electron chi connectivity index (χ4n) is 1.52. The Labute approximate surface area is 95.5 Å². The van der Waals surface area contributed by atoms with E-state index < -0.39 is 0 Å². The van der Waals surface area contributed by atoms with Gasteiger partial charge in [0.25, 0.3) is 0 Å². The van der Waals surface area contributed by atoms with Gasteiger partial charge >= 0.3 is 0 Å². The zero-order chi connectivity index (χ0) is 10.6. The van der Waals surface area contributed by atoms with Crippen LogP contribution in [-0.2, 0) is 0 Å². The molecule has 0 aliphatic rings. The van der Waals surface area contributed by atoms with Crippen LogP contribution in [0, 0.1) is 0 Å². The minimum absolute atomic E-state index is 0.414. The lowest BCUT2D eigenvalue weighted by atomic mass is 10.1. The molecular formula is C11H18ClNS. The van der Waals surface area contributed by atoms with Crippen LogP contribution in [0.15, 0.2) is 12.1 Å². The summed E-state index contributed by atoms with van der Waals surface area (Å²) in [6.07, 6.45) is 2.36. The molecule has 80 valence electrons. The summed E-state index contributed by atoms with van der Waals surface area (Å²) < 4.78 is 0.873. The Bertz CT molecular complexity index is 268. The maximum atomic E-state index is 5.90. The predicted octanol–water partition coefficient (Wildman–Crippen LogP) is 4.24. The molecule has 0 aromatic carbocycles. The number of hydrogen-bond donors (Lipinski definition) is 1. The highest BCUT2D eigenvalue weighted by Gasteiger charge is 2.11. The number of nitrogens with one attached hydrogen (secondary N) is 1. The fraction of sp³-hybridized carbons (Fsp3) is 0.636. The van der Waals surface area contributed by atoms with Gasteiger partial charge in [0.15, 0.2) is 0 Å². The van der Waals surface area contributed by atoms with Gasteiger partial charge < -0.3 is 5.32 Å². The Kier molecular flexibility index (Phi) is 4.93. The quantitative estimate of drug-likeness (QED) is 0.799. The topological polar surface area (TPSA) is 12.0 Å². The Morgan fingerprint density at radius 2 is 2.00 bits per heavy atom. The standard InChI is InChI=1S/C11H18ClNS/c1-4-9(5-2)13-8(3)10-6-7-11(12)14-10/h6-9,13H,4-5H2,1-3H3. The van der Waals surface area contributed by atoms with Gasteiger partial charge in [-0.3, -0.25) is 0 Å². The zero-order valence-corrected chi connectivity index (χ0v) is 10.6. The summed E-state index contributed by atoms with van der Waals surface area (Å²) in [7, 11) is 0. The fourth-order valence-corrected chi connectivity index (χ4v) is 2.59. The Hall–Kier alpha value is -0.0500. The van der Waals surface area contributed by atoms with E-state index in [1.807, 2.05) is 6.07 Å². The highest BCUT2D eigenvalue weighted by atomic mass is 35.5. The number of rotatable bonds is 5. The molecule has 0 aliphatic heterocycles. The average Bonchev–Trinajstić information content (AvgIpc) is 2.61. The van der Waals surface area contributed by atoms with E-state index in [4.69, 9.17) is 11.6 Å². The Balaban J connectivity index is 2.53. The van der Waals surface area contributed by atoms with Gasteiger partial charge in [-0.15, -0.1) is 11.3 Å². The van der Waals surface area contributed by atoms with Crippen LogP contribution in [0.4, 0.5) is 0 Å². The van der Waals surface area contributed by atoms with E-state index in [0.717, 1.165) is 4.34 Å². The minimum atomic E-state index is 0.414. The van der Waals surface area contributed by atoms with Gasteiger partial charge in [0.1, 0.15) is 0 Å². The van der Waals surface area contributed by atoms with Crippen LogP contribution in [0.2, 0.25) is 4.34 Å². The van der Waals surface area contributed by atoms with Crippen LogP contribution in [0.3, 0.4) is 0 Å². The first-order chi connectivity index (χ1) is 6.67. The second-order valence-electron chi connectivity index (χ2n) is 3.54. The molecule has 0 fully saturated rings. The maximum Gasteiger partial charge on any atom is 0.0931 e. The molecule has 3 heteroatoms. The lowest BCUT2D eigenvalue weighted by Gasteiger charge is -2.19. The molecule has 1 rings (SSSR count). The Morgan fingerprint density at radius 1 is 1.36 bits per heavy atom. The third-order valence-corrected chi connectivity index (χ3v) is 3.91. The third kappa shape index (κ3) is 3.26. The van der Waals surface area contributed by atoms with Crippen LogP contribution >= 0.6 is 22.9 Å². The van der Waals surface area contributed by atoms with Crippen molar-refractivity contribution >= 4 is 22.9 Å². The van der Waals surface area contributed by atoms with Crippen molar-refractivity contribution < 1.29 is 0 Å². The van der Waals surface area contributed by atoms with Crippen LogP contribution in [0.25, 0.3) is 0 Å². The molecule has 1 N–H and O–H groups in total. The molecular weight excluding hydrogens is 214 g/mol. The van der Waals surface area contributed by atoms with Gasteiger partial charge in [-0.1, -0.05) is 25.4 Å². The van der Waals surface area contributed by atoms with E-state index in [1.165, 1.54) is 17.7 Å². The minimum Gasteiger partial charge on any atom is -0.307 e. The molecule has 1 unspecified atom stereocenters. The monoisotopic (exact) mass is 231 g/mol. The highest BCUT2D eigenvalue weighted by Crippen LogP contribution is 2.27. The number of hydrogen-bond acceptors (Lipinski definition) is 2. The van der Waals surface area contributed by atoms with Gasteiger partial charge in [-0.25, -0.2) is 0 Å². The summed E-state index contributed by atoms with van der Waals surface area (Å²) in [4.78, 5) is 1.32. The van der Waals surface area contributed by atoms with E-state index in [0.29, 0.717) is 12.1 Å². The van der Waals surface area contributed by atoms with Crippen LogP contribution in [-0.4, -0.2) is 6.04 Å². The summed E-state index contributed by atoms with van der Waals surface area (Å²) >= 11 is 7.56. The van der Waals surface area contributed by atoms with Crippen molar-refractivity contribution in [3.05, 3.63) is 21.3 Å². The van der Waals surface area contributed by atoms with Gasteiger partial charge in [0.05, 0.1) is 4.34 Å². The molecule has 0 bridgehead atoms. The number of halogens is 1. The largest absolute Gasteiger partial charge is 0.307 e. The zero-order valence-electron chi connectivity index (χ0n) is 9.01. The van der Waals surface area contributed by atoms with Gasteiger partial charge in [-0.2, -0.15) is 0 Å². The molecule has 1 atom stereocenters. The van der Waals surface area contributed by atoms with Crippen molar-refractivity contribution in [1.82, 2.24) is 5.32 Å². The molecule has 1 aromatic rings. The van der Waals surface area contributed by atoms with Gasteiger partial charge in [-0.05, 0) is 31.9 Å². The highest BCUT2D eigenvalue weighted by molar-refractivity contribution is 7.16. The van der Waals surface area contributed by atoms with Crippen LogP contribution in [0.5, 0.6) is 0 Å². The summed E-state index contributed by atoms with van der Waals surface area (Å²) in [5, 5.41) is 3.60. The molecule has 0 spiro atoms. The molecule has 0 saturated carbocycles. The van der Waals surface area contributed by atoms with Crippen LogP contribution < -0.4 is 5.32 Å². The molecule has 0 amide bonds. The average molecular weight is 232 g/mol. The van der Waals surface area contributed by atoms with Crippen molar-refractivity contribution in [2.24, 2.45) is 0 Å². The third-order valence-electron chi connectivity index (χ3n) is 2.49. The van der Waals surface area contributed by atoms with Crippen LogP contribution in [0.1, 0.15) is 44.5 Å². The smallest absolute Gasteiger partial charge is 0.0931 e. The van der Waals surface area contributed by atoms with Crippen molar-refractivity contribution in [2.75, 3.05) is 0 Å². The van der Waals surface area contributed by atoms with E-state index in [-0.39, 0.29) is 0 Å². The molecule has 1 aromatic heterocycles. The second-order valence-corrected chi connectivity index (χ2v) is 5.29. The van der Waals surface area contributed by atoms with Gasteiger partial charge in [0.2, 0.25) is 0 Å².